The maximum atomic E-state index is 12.6. The van der Waals surface area contributed by atoms with Crippen LogP contribution in [0.5, 0.6) is 17.2 Å². The SMILES string of the molecule is COc1ccc(S(=O)(=O)Oc2ccc(/C=C(\C#N)C(=O)Nc3cc([N+](=O)[O-])ccc3OC)cc2)cc1. The van der Waals surface area contributed by atoms with E-state index in [2.05, 4.69) is 5.32 Å². The minimum absolute atomic E-state index is 0.0188. The molecule has 0 saturated carbocycles. The molecule has 0 heterocycles. The van der Waals surface area contributed by atoms with Crippen molar-refractivity contribution in [3.05, 3.63) is 88.0 Å². The number of amides is 1. The van der Waals surface area contributed by atoms with Crippen LogP contribution in [0.15, 0.2) is 77.2 Å². The summed E-state index contributed by atoms with van der Waals surface area (Å²) in [5, 5.41) is 22.9. The van der Waals surface area contributed by atoms with Crippen LogP contribution >= 0.6 is 0 Å². The van der Waals surface area contributed by atoms with Gasteiger partial charge in [0.15, 0.2) is 0 Å². The van der Waals surface area contributed by atoms with Crippen LogP contribution in [0.1, 0.15) is 5.56 Å². The van der Waals surface area contributed by atoms with Gasteiger partial charge in [0.05, 0.1) is 24.8 Å². The maximum absolute atomic E-state index is 12.6. The largest absolute Gasteiger partial charge is 0.497 e. The number of nitrogens with zero attached hydrogens (tertiary/aromatic N) is 2. The predicted octanol–water partition coefficient (Wildman–Crippen LogP) is 3.93. The lowest BCUT2D eigenvalue weighted by atomic mass is 10.1. The first kappa shape index (κ1) is 25.7. The fraction of sp³-hybridized carbons (Fsp3) is 0.0833. The average molecular weight is 509 g/mol. The van der Waals surface area contributed by atoms with Crippen LogP contribution in [-0.2, 0) is 14.9 Å². The third-order valence-electron chi connectivity index (χ3n) is 4.75. The molecule has 184 valence electrons. The fourth-order valence-electron chi connectivity index (χ4n) is 2.95. The molecule has 3 aromatic carbocycles. The Labute approximate surface area is 206 Å². The van der Waals surface area contributed by atoms with E-state index in [0.717, 1.165) is 6.07 Å². The zero-order valence-corrected chi connectivity index (χ0v) is 19.8. The van der Waals surface area contributed by atoms with Gasteiger partial charge in [0.2, 0.25) is 0 Å². The van der Waals surface area contributed by atoms with Crippen molar-refractivity contribution in [1.29, 1.82) is 5.26 Å². The molecule has 0 radical (unpaired) electrons. The number of rotatable bonds is 9. The molecule has 0 saturated heterocycles. The van der Waals surface area contributed by atoms with E-state index >= 15 is 0 Å². The van der Waals surface area contributed by atoms with E-state index in [4.69, 9.17) is 13.7 Å². The number of hydrogen-bond acceptors (Lipinski definition) is 9. The number of carbonyl (C=O) groups excluding carboxylic acids is 1. The van der Waals surface area contributed by atoms with Gasteiger partial charge in [0.25, 0.3) is 11.6 Å². The standard InChI is InChI=1S/C24H19N3O8S/c1-33-19-8-10-21(11-9-19)36(31,32)35-20-6-3-16(4-7-20)13-17(15-25)24(28)26-22-14-18(27(29)30)5-12-23(22)34-2/h3-14H,1-2H3,(H,26,28)/b17-13+. The van der Waals surface area contributed by atoms with Gasteiger partial charge in [-0.2, -0.15) is 13.7 Å². The summed E-state index contributed by atoms with van der Waals surface area (Å²) in [6.07, 6.45) is 1.26. The molecule has 1 N–H and O–H groups in total. The van der Waals surface area contributed by atoms with E-state index in [0.29, 0.717) is 11.3 Å². The van der Waals surface area contributed by atoms with Gasteiger partial charge >= 0.3 is 10.1 Å². The normalized spacial score (nSPS) is 11.2. The number of anilines is 1. The van der Waals surface area contributed by atoms with Crippen LogP contribution in [-0.4, -0.2) is 33.5 Å². The Morgan fingerprint density at radius 2 is 1.64 bits per heavy atom. The highest BCUT2D eigenvalue weighted by molar-refractivity contribution is 7.87. The van der Waals surface area contributed by atoms with Crippen molar-refractivity contribution in [3.8, 4) is 23.3 Å². The molecule has 0 fully saturated rings. The van der Waals surface area contributed by atoms with Gasteiger partial charge in [-0.3, -0.25) is 14.9 Å². The van der Waals surface area contributed by atoms with E-state index in [1.165, 1.54) is 81.0 Å². The molecule has 0 unspecified atom stereocenters. The molecule has 3 aromatic rings. The highest BCUT2D eigenvalue weighted by Crippen LogP contribution is 2.29. The van der Waals surface area contributed by atoms with Crippen LogP contribution in [0.25, 0.3) is 6.08 Å². The first-order valence-electron chi connectivity index (χ1n) is 10.1. The van der Waals surface area contributed by atoms with Gasteiger partial charge in [-0.25, -0.2) is 0 Å². The molecule has 12 heteroatoms. The third-order valence-corrected chi connectivity index (χ3v) is 6.01. The van der Waals surface area contributed by atoms with Crippen LogP contribution < -0.4 is 19.0 Å². The Morgan fingerprint density at radius 1 is 1.00 bits per heavy atom. The quantitative estimate of drug-likeness (QED) is 0.148. The number of nitriles is 1. The Hall–Kier alpha value is -4.89. The van der Waals surface area contributed by atoms with E-state index in [9.17, 15) is 28.6 Å². The van der Waals surface area contributed by atoms with Gasteiger partial charge < -0.3 is 19.0 Å². The number of methoxy groups -OCH3 is 2. The second-order valence-electron chi connectivity index (χ2n) is 7.05. The molecular formula is C24H19N3O8S. The van der Waals surface area contributed by atoms with Crippen molar-refractivity contribution in [1.82, 2.24) is 0 Å². The molecule has 0 aliphatic rings. The van der Waals surface area contributed by atoms with Crippen molar-refractivity contribution >= 4 is 33.5 Å². The molecule has 0 aromatic heterocycles. The molecule has 0 aliphatic heterocycles. The monoisotopic (exact) mass is 509 g/mol. The van der Waals surface area contributed by atoms with Crippen molar-refractivity contribution in [3.63, 3.8) is 0 Å². The molecule has 3 rings (SSSR count). The number of nitro groups is 1. The van der Waals surface area contributed by atoms with Crippen molar-refractivity contribution in [2.75, 3.05) is 19.5 Å². The molecule has 0 bridgehead atoms. The summed E-state index contributed by atoms with van der Waals surface area (Å²) < 4.78 is 40.2. The first-order valence-corrected chi connectivity index (χ1v) is 11.5. The zero-order chi connectivity index (χ0) is 26.3. The van der Waals surface area contributed by atoms with Crippen LogP contribution in [0.2, 0.25) is 0 Å². The molecule has 1 amide bonds. The number of ether oxygens (including phenoxy) is 2. The number of hydrogen-bond donors (Lipinski definition) is 1. The lowest BCUT2D eigenvalue weighted by molar-refractivity contribution is -0.384. The lowest BCUT2D eigenvalue weighted by Gasteiger charge is -2.10. The topological polar surface area (TPSA) is 158 Å². The second-order valence-corrected chi connectivity index (χ2v) is 8.59. The van der Waals surface area contributed by atoms with Crippen molar-refractivity contribution in [2.45, 2.75) is 4.90 Å². The Balaban J connectivity index is 1.77. The van der Waals surface area contributed by atoms with Gasteiger partial charge in [-0.1, -0.05) is 12.1 Å². The summed E-state index contributed by atoms with van der Waals surface area (Å²) in [7, 11) is -1.30. The number of benzene rings is 3. The Kier molecular flexibility index (Phi) is 7.88. The minimum atomic E-state index is -4.09. The van der Waals surface area contributed by atoms with Crippen LogP contribution in [0.4, 0.5) is 11.4 Å². The zero-order valence-electron chi connectivity index (χ0n) is 19.0. The van der Waals surface area contributed by atoms with Gasteiger partial charge in [0.1, 0.15) is 33.8 Å². The summed E-state index contributed by atoms with van der Waals surface area (Å²) >= 11 is 0. The molecule has 0 atom stereocenters. The van der Waals surface area contributed by atoms with E-state index in [1.807, 2.05) is 0 Å². The lowest BCUT2D eigenvalue weighted by Crippen LogP contribution is -2.14. The molecule has 0 aliphatic carbocycles. The van der Waals surface area contributed by atoms with Gasteiger partial charge in [0, 0.05) is 12.1 Å². The number of carbonyl (C=O) groups is 1. The molecular weight excluding hydrogens is 490 g/mol. The highest BCUT2D eigenvalue weighted by Gasteiger charge is 2.18. The third kappa shape index (κ3) is 6.16. The Bertz CT molecular complexity index is 1460. The summed E-state index contributed by atoms with van der Waals surface area (Å²) in [5.41, 5.74) is -0.149. The maximum Gasteiger partial charge on any atom is 0.339 e. The number of non-ortho nitro benzene ring substituents is 1. The first-order chi connectivity index (χ1) is 17.2. The summed E-state index contributed by atoms with van der Waals surface area (Å²) in [4.78, 5) is 22.9. The smallest absolute Gasteiger partial charge is 0.339 e. The van der Waals surface area contributed by atoms with Crippen molar-refractivity contribution in [2.24, 2.45) is 0 Å². The second kappa shape index (κ2) is 11.0. The van der Waals surface area contributed by atoms with Crippen LogP contribution in [0, 0.1) is 21.4 Å². The van der Waals surface area contributed by atoms with Crippen molar-refractivity contribution < 1.29 is 31.8 Å². The molecule has 36 heavy (non-hydrogen) atoms. The Morgan fingerprint density at radius 3 is 2.19 bits per heavy atom. The number of nitro benzene ring substituents is 1. The summed E-state index contributed by atoms with van der Waals surface area (Å²) in [6, 6.07) is 16.7. The summed E-state index contributed by atoms with van der Waals surface area (Å²) in [6.45, 7) is 0. The van der Waals surface area contributed by atoms with Gasteiger partial charge in [-0.05, 0) is 54.1 Å². The average Bonchev–Trinajstić information content (AvgIpc) is 2.87. The van der Waals surface area contributed by atoms with E-state index < -0.39 is 20.9 Å². The molecule has 11 nitrogen and oxygen atoms in total. The van der Waals surface area contributed by atoms with Crippen LogP contribution in [0.3, 0.4) is 0 Å². The highest BCUT2D eigenvalue weighted by atomic mass is 32.2. The van der Waals surface area contributed by atoms with E-state index in [-0.39, 0.29) is 33.3 Å². The van der Waals surface area contributed by atoms with Gasteiger partial charge in [-0.15, -0.1) is 0 Å². The number of nitrogens with one attached hydrogen (secondary N) is 1. The fourth-order valence-corrected chi connectivity index (χ4v) is 3.88. The predicted molar refractivity (Wildman–Crippen MR) is 129 cm³/mol. The molecule has 0 spiro atoms. The summed E-state index contributed by atoms with van der Waals surface area (Å²) in [5.74, 6) is -0.136. The van der Waals surface area contributed by atoms with E-state index in [1.54, 1.807) is 6.07 Å². The minimum Gasteiger partial charge on any atom is -0.497 e.